The Morgan fingerprint density at radius 3 is 2.63 bits per heavy atom. The van der Waals surface area contributed by atoms with Gasteiger partial charge >= 0.3 is 6.18 Å². The van der Waals surface area contributed by atoms with Crippen molar-refractivity contribution in [3.05, 3.63) is 11.6 Å². The summed E-state index contributed by atoms with van der Waals surface area (Å²) in [5.41, 5.74) is 0. The van der Waals surface area contributed by atoms with Crippen LogP contribution < -0.4 is 5.32 Å². The van der Waals surface area contributed by atoms with Crippen molar-refractivity contribution in [3.8, 4) is 0 Å². The summed E-state index contributed by atoms with van der Waals surface area (Å²) in [7, 11) is 0. The minimum atomic E-state index is -4.42. The van der Waals surface area contributed by atoms with E-state index in [2.05, 4.69) is 27.3 Å². The van der Waals surface area contributed by atoms with E-state index in [9.17, 15) is 13.2 Å². The van der Waals surface area contributed by atoms with Gasteiger partial charge in [-0.3, -0.25) is 4.90 Å². The number of fused-ring (bicyclic) bond motifs is 1. The van der Waals surface area contributed by atoms with Crippen molar-refractivity contribution >= 4 is 0 Å². The number of nitrogens with one attached hydrogen (secondary N) is 1. The fraction of sp³-hybridized carbons (Fsp3) is 0.818. The van der Waals surface area contributed by atoms with Crippen molar-refractivity contribution in [2.75, 3.05) is 19.6 Å². The number of halogens is 3. The number of hydrogen-bond donors (Lipinski definition) is 1. The van der Waals surface area contributed by atoms with Gasteiger partial charge in [0.15, 0.2) is 0 Å². The van der Waals surface area contributed by atoms with E-state index in [-0.39, 0.29) is 0 Å². The molecule has 2 aliphatic heterocycles. The Labute approximate surface area is 108 Å². The lowest BCUT2D eigenvalue weighted by Crippen LogP contribution is -2.45. The summed E-state index contributed by atoms with van der Waals surface area (Å²) in [4.78, 5) is 2.20. The molecule has 0 bridgehead atoms. The normalized spacial score (nSPS) is 28.6. The molecule has 2 unspecified atom stereocenters. The summed E-state index contributed by atoms with van der Waals surface area (Å²) < 4.78 is 39.4. The predicted octanol–water partition coefficient (Wildman–Crippen LogP) is 0.720. The molecule has 0 aromatic carbocycles. The lowest BCUT2D eigenvalue weighted by atomic mass is 10.0. The van der Waals surface area contributed by atoms with E-state index in [0.717, 1.165) is 13.1 Å². The van der Waals surface area contributed by atoms with E-state index in [4.69, 9.17) is 0 Å². The molecule has 2 atom stereocenters. The van der Waals surface area contributed by atoms with Gasteiger partial charge in [0.1, 0.15) is 5.82 Å². The molecule has 1 N–H and O–H groups in total. The van der Waals surface area contributed by atoms with Gasteiger partial charge in [-0.2, -0.15) is 13.2 Å². The van der Waals surface area contributed by atoms with Gasteiger partial charge < -0.3 is 9.88 Å². The lowest BCUT2D eigenvalue weighted by Gasteiger charge is -2.34. The number of nitrogens with zero attached hydrogens (tertiary/aromatic N) is 4. The van der Waals surface area contributed by atoms with Crippen molar-refractivity contribution in [1.82, 2.24) is 25.0 Å². The third-order valence-electron chi connectivity index (χ3n) is 3.98. The minimum Gasteiger partial charge on any atom is -0.315 e. The highest BCUT2D eigenvalue weighted by molar-refractivity contribution is 5.03. The largest absolute Gasteiger partial charge is 0.451 e. The van der Waals surface area contributed by atoms with Crippen LogP contribution in [0.4, 0.5) is 13.2 Å². The topological polar surface area (TPSA) is 46.0 Å². The van der Waals surface area contributed by atoms with Gasteiger partial charge in [-0.05, 0) is 12.5 Å². The molecule has 0 spiro atoms. The summed E-state index contributed by atoms with van der Waals surface area (Å²) in [6.07, 6.45) is -4.42. The Balaban J connectivity index is 1.80. The van der Waals surface area contributed by atoms with Crippen LogP contribution in [-0.4, -0.2) is 45.3 Å². The zero-order chi connectivity index (χ0) is 13.6. The van der Waals surface area contributed by atoms with Crippen LogP contribution in [-0.2, 0) is 19.3 Å². The molecule has 106 valence electrons. The van der Waals surface area contributed by atoms with Crippen LogP contribution in [0, 0.1) is 5.92 Å². The first-order chi connectivity index (χ1) is 8.97. The molecule has 8 heteroatoms. The molecule has 0 amide bonds. The average molecular weight is 275 g/mol. The van der Waals surface area contributed by atoms with Crippen molar-refractivity contribution in [2.45, 2.75) is 32.2 Å². The van der Waals surface area contributed by atoms with E-state index in [1.807, 2.05) is 0 Å². The average Bonchev–Trinajstić information content (AvgIpc) is 2.92. The van der Waals surface area contributed by atoms with Crippen LogP contribution in [0.3, 0.4) is 0 Å². The molecule has 1 aromatic heterocycles. The Morgan fingerprint density at radius 2 is 2.00 bits per heavy atom. The second-order valence-corrected chi connectivity index (χ2v) is 5.26. The van der Waals surface area contributed by atoms with E-state index < -0.39 is 12.0 Å². The first-order valence-electron chi connectivity index (χ1n) is 6.41. The summed E-state index contributed by atoms with van der Waals surface area (Å²) in [5, 5.41) is 10.3. The Bertz CT molecular complexity index is 469. The Hall–Kier alpha value is -1.15. The van der Waals surface area contributed by atoms with Gasteiger partial charge in [0.25, 0.3) is 0 Å². The second-order valence-electron chi connectivity index (χ2n) is 5.26. The van der Waals surface area contributed by atoms with Crippen LogP contribution in [0.25, 0.3) is 0 Å². The predicted molar refractivity (Wildman–Crippen MR) is 61.3 cm³/mol. The lowest BCUT2D eigenvalue weighted by molar-refractivity contribution is -0.148. The summed E-state index contributed by atoms with van der Waals surface area (Å²) in [6.45, 7) is 5.37. The van der Waals surface area contributed by atoms with Crippen molar-refractivity contribution in [2.24, 2.45) is 5.92 Å². The molecule has 5 nitrogen and oxygen atoms in total. The Kier molecular flexibility index (Phi) is 3.01. The molecule has 19 heavy (non-hydrogen) atoms. The van der Waals surface area contributed by atoms with Crippen LogP contribution >= 0.6 is 0 Å². The zero-order valence-electron chi connectivity index (χ0n) is 10.6. The maximum Gasteiger partial charge on any atom is 0.451 e. The molecule has 3 heterocycles. The number of alkyl halides is 3. The third-order valence-corrected chi connectivity index (χ3v) is 3.98. The molecular formula is C11H16F3N5. The monoisotopic (exact) mass is 275 g/mol. The smallest absolute Gasteiger partial charge is 0.315 e. The molecule has 0 radical (unpaired) electrons. The fourth-order valence-corrected chi connectivity index (χ4v) is 2.95. The minimum absolute atomic E-state index is 0.306. The van der Waals surface area contributed by atoms with Gasteiger partial charge in [0, 0.05) is 25.7 Å². The fourth-order valence-electron chi connectivity index (χ4n) is 2.95. The highest BCUT2D eigenvalue weighted by Gasteiger charge is 2.40. The first-order valence-corrected chi connectivity index (χ1v) is 6.41. The molecule has 1 fully saturated rings. The Morgan fingerprint density at radius 1 is 1.21 bits per heavy atom. The highest BCUT2D eigenvalue weighted by atomic mass is 19.4. The van der Waals surface area contributed by atoms with Gasteiger partial charge in [0.2, 0.25) is 5.82 Å². The summed E-state index contributed by atoms with van der Waals surface area (Å²) >= 11 is 0. The van der Waals surface area contributed by atoms with Crippen LogP contribution in [0.15, 0.2) is 0 Å². The quantitative estimate of drug-likeness (QED) is 0.820. The number of rotatable bonds is 1. The van der Waals surface area contributed by atoms with Crippen LogP contribution in [0.2, 0.25) is 0 Å². The van der Waals surface area contributed by atoms with Gasteiger partial charge in [-0.25, -0.2) is 0 Å². The number of aromatic nitrogens is 3. The van der Waals surface area contributed by atoms with E-state index in [0.29, 0.717) is 37.4 Å². The second kappa shape index (κ2) is 4.45. The van der Waals surface area contributed by atoms with Crippen molar-refractivity contribution in [1.29, 1.82) is 0 Å². The SMILES string of the molecule is CC1CNCC1N1CCn2c(nnc2C(F)(F)F)C1. The molecule has 0 saturated carbocycles. The third kappa shape index (κ3) is 2.23. The summed E-state index contributed by atoms with van der Waals surface area (Å²) in [5.74, 6) is 0.0500. The van der Waals surface area contributed by atoms with Gasteiger partial charge in [-0.15, -0.1) is 10.2 Å². The standard InChI is InChI=1S/C11H16F3N5/c1-7-4-15-5-8(7)18-2-3-19-9(6-18)16-17-10(19)11(12,13)14/h7-8,15H,2-6H2,1H3. The zero-order valence-corrected chi connectivity index (χ0v) is 10.6. The first kappa shape index (κ1) is 12.9. The van der Waals surface area contributed by atoms with E-state index in [1.165, 1.54) is 4.57 Å². The van der Waals surface area contributed by atoms with Crippen molar-refractivity contribution < 1.29 is 13.2 Å². The highest BCUT2D eigenvalue weighted by Crippen LogP contribution is 2.30. The maximum atomic E-state index is 12.7. The summed E-state index contributed by atoms with van der Waals surface area (Å²) in [6, 6.07) is 0.375. The van der Waals surface area contributed by atoms with E-state index >= 15 is 0 Å². The van der Waals surface area contributed by atoms with Crippen LogP contribution in [0.5, 0.6) is 0 Å². The van der Waals surface area contributed by atoms with Gasteiger partial charge in [0.05, 0.1) is 6.54 Å². The van der Waals surface area contributed by atoms with Gasteiger partial charge in [-0.1, -0.05) is 6.92 Å². The molecule has 2 aliphatic rings. The molecule has 1 aromatic rings. The van der Waals surface area contributed by atoms with Crippen LogP contribution in [0.1, 0.15) is 18.6 Å². The maximum absolute atomic E-state index is 12.7. The molecular weight excluding hydrogens is 259 g/mol. The number of hydrogen-bond acceptors (Lipinski definition) is 4. The van der Waals surface area contributed by atoms with Crippen molar-refractivity contribution in [3.63, 3.8) is 0 Å². The van der Waals surface area contributed by atoms with E-state index in [1.54, 1.807) is 0 Å². The molecule has 0 aliphatic carbocycles. The molecule has 3 rings (SSSR count). The molecule has 1 saturated heterocycles.